The Hall–Kier alpha value is -4.02. The lowest BCUT2D eigenvalue weighted by molar-refractivity contribution is -0.113. The molecule has 11 heteroatoms. The van der Waals surface area contributed by atoms with Gasteiger partial charge in [-0.3, -0.25) is 14.3 Å². The number of benzene rings is 1. The summed E-state index contributed by atoms with van der Waals surface area (Å²) in [6.07, 6.45) is 6.09. The fraction of sp³-hybridized carbons (Fsp3) is 0.174. The van der Waals surface area contributed by atoms with Crippen molar-refractivity contribution in [3.63, 3.8) is 0 Å². The number of likely N-dealkylation sites (N-methyl/N-ethyl adjacent to an activating group) is 2. The van der Waals surface area contributed by atoms with Gasteiger partial charge in [-0.2, -0.15) is 0 Å². The van der Waals surface area contributed by atoms with Crippen molar-refractivity contribution in [3.05, 3.63) is 76.6 Å². The summed E-state index contributed by atoms with van der Waals surface area (Å²) in [6, 6.07) is 10.2. The molecule has 0 fully saturated rings. The van der Waals surface area contributed by atoms with Crippen molar-refractivity contribution in [1.29, 1.82) is 0 Å². The van der Waals surface area contributed by atoms with E-state index in [9.17, 15) is 9.59 Å². The number of nitrogen functional groups attached to an aromatic ring is 1. The number of amides is 1. The number of hydrogen-bond donors (Lipinski definition) is 1. The summed E-state index contributed by atoms with van der Waals surface area (Å²) in [5, 5.41) is 0.541. The van der Waals surface area contributed by atoms with E-state index >= 15 is 0 Å². The first kappa shape index (κ1) is 23.1. The van der Waals surface area contributed by atoms with E-state index < -0.39 is 5.69 Å². The molecule has 0 unspecified atom stereocenters. The second-order valence-electron chi connectivity index (χ2n) is 7.80. The van der Waals surface area contributed by atoms with Gasteiger partial charge in [-0.25, -0.2) is 24.3 Å². The number of nitrogens with zero attached hydrogens (tertiary/aromatic N) is 7. The summed E-state index contributed by atoms with van der Waals surface area (Å²) in [6.45, 7) is 0.650. The van der Waals surface area contributed by atoms with Crippen LogP contribution in [0.2, 0.25) is 5.02 Å². The SMILES string of the molecule is CN(C)CC=CC(=O)N(C)c1ccc(-n2c(=O)n(-c3ccc(Cl)cc3)c3c(N)ncnc32)cn1. The number of pyridine rings is 1. The summed E-state index contributed by atoms with van der Waals surface area (Å²) >= 11 is 6.01. The number of fused-ring (bicyclic) bond motifs is 1. The van der Waals surface area contributed by atoms with E-state index in [1.165, 1.54) is 32.6 Å². The molecule has 3 heterocycles. The minimum atomic E-state index is -0.393. The molecule has 10 nitrogen and oxygen atoms in total. The van der Waals surface area contributed by atoms with Crippen LogP contribution >= 0.6 is 11.6 Å². The van der Waals surface area contributed by atoms with E-state index in [1.807, 2.05) is 19.0 Å². The highest BCUT2D eigenvalue weighted by Gasteiger charge is 2.20. The molecule has 34 heavy (non-hydrogen) atoms. The maximum absolute atomic E-state index is 13.5. The van der Waals surface area contributed by atoms with Crippen LogP contribution in [0.4, 0.5) is 11.6 Å². The highest BCUT2D eigenvalue weighted by atomic mass is 35.5. The third kappa shape index (κ3) is 4.41. The molecule has 174 valence electrons. The lowest BCUT2D eigenvalue weighted by Gasteiger charge is -2.14. The van der Waals surface area contributed by atoms with Gasteiger partial charge >= 0.3 is 5.69 Å². The van der Waals surface area contributed by atoms with Gasteiger partial charge in [0.1, 0.15) is 17.7 Å². The number of aromatic nitrogens is 5. The van der Waals surface area contributed by atoms with Crippen LogP contribution in [0.25, 0.3) is 22.5 Å². The van der Waals surface area contributed by atoms with Crippen molar-refractivity contribution in [1.82, 2.24) is 29.0 Å². The van der Waals surface area contributed by atoms with Crippen LogP contribution < -0.4 is 16.3 Å². The van der Waals surface area contributed by atoms with E-state index in [0.717, 1.165) is 0 Å². The number of hydrogen-bond acceptors (Lipinski definition) is 7. The molecule has 4 rings (SSSR count). The average molecular weight is 479 g/mol. The average Bonchev–Trinajstić information content (AvgIpc) is 3.12. The molecule has 1 aromatic carbocycles. The topological polar surface area (TPSA) is 115 Å². The Morgan fingerprint density at radius 1 is 1.03 bits per heavy atom. The van der Waals surface area contributed by atoms with Crippen LogP contribution in [0.1, 0.15) is 0 Å². The molecule has 0 saturated heterocycles. The molecule has 0 saturated carbocycles. The van der Waals surface area contributed by atoms with E-state index in [2.05, 4.69) is 15.0 Å². The van der Waals surface area contributed by atoms with Crippen molar-refractivity contribution in [2.24, 2.45) is 0 Å². The molecule has 4 aromatic rings. The molecule has 0 bridgehead atoms. The van der Waals surface area contributed by atoms with Crippen molar-refractivity contribution >= 4 is 40.3 Å². The van der Waals surface area contributed by atoms with Crippen molar-refractivity contribution in [2.45, 2.75) is 0 Å². The Bertz CT molecular complexity index is 1420. The third-order valence-corrected chi connectivity index (χ3v) is 5.38. The molecule has 0 aliphatic carbocycles. The van der Waals surface area contributed by atoms with Gasteiger partial charge in [0.25, 0.3) is 5.91 Å². The minimum Gasteiger partial charge on any atom is -0.382 e. The van der Waals surface area contributed by atoms with Crippen molar-refractivity contribution < 1.29 is 4.79 Å². The summed E-state index contributed by atoms with van der Waals surface area (Å²) in [5.74, 6) is 0.390. The van der Waals surface area contributed by atoms with E-state index in [0.29, 0.717) is 39.9 Å². The Labute approximate surface area is 200 Å². The van der Waals surface area contributed by atoms with Crippen molar-refractivity contribution in [2.75, 3.05) is 38.3 Å². The fourth-order valence-electron chi connectivity index (χ4n) is 3.41. The third-order valence-electron chi connectivity index (χ3n) is 5.13. The maximum Gasteiger partial charge on any atom is 0.339 e. The van der Waals surface area contributed by atoms with Crippen LogP contribution in [0.3, 0.4) is 0 Å². The monoisotopic (exact) mass is 478 g/mol. The van der Waals surface area contributed by atoms with Gasteiger partial charge in [0, 0.05) is 24.7 Å². The zero-order chi connectivity index (χ0) is 24.4. The molecule has 0 spiro atoms. The molecule has 2 N–H and O–H groups in total. The number of halogens is 1. The summed E-state index contributed by atoms with van der Waals surface area (Å²) in [4.78, 5) is 42.0. The number of imidazole rings is 1. The smallest absolute Gasteiger partial charge is 0.339 e. The summed E-state index contributed by atoms with van der Waals surface area (Å²) < 4.78 is 2.83. The molecule has 1 amide bonds. The fourth-order valence-corrected chi connectivity index (χ4v) is 3.53. The van der Waals surface area contributed by atoms with Gasteiger partial charge in [0.2, 0.25) is 0 Å². The number of nitrogens with two attached hydrogens (primary N) is 1. The first-order chi connectivity index (χ1) is 16.3. The molecular formula is C23H23ClN8O2. The van der Waals surface area contributed by atoms with Crippen LogP contribution in [-0.2, 0) is 4.79 Å². The van der Waals surface area contributed by atoms with Gasteiger partial charge in [0.15, 0.2) is 11.5 Å². The highest BCUT2D eigenvalue weighted by Crippen LogP contribution is 2.24. The standard InChI is InChI=1S/C23H23ClN8O2/c1-29(2)12-4-5-19(33)30(3)18-11-10-17(13-26-18)32-22-20(21(25)27-14-28-22)31(23(32)34)16-8-6-15(24)7-9-16/h4-11,13-14H,12H2,1-3H3,(H2,25,27,28). The van der Waals surface area contributed by atoms with Crippen LogP contribution in [0.15, 0.2) is 65.9 Å². The number of anilines is 2. The lowest BCUT2D eigenvalue weighted by atomic mass is 10.3. The Morgan fingerprint density at radius 2 is 1.74 bits per heavy atom. The first-order valence-electron chi connectivity index (χ1n) is 10.3. The molecule has 0 aliphatic heterocycles. The van der Waals surface area contributed by atoms with Gasteiger partial charge in [-0.1, -0.05) is 17.7 Å². The predicted molar refractivity (Wildman–Crippen MR) is 133 cm³/mol. The number of carbonyl (C=O) groups excluding carboxylic acids is 1. The van der Waals surface area contributed by atoms with Gasteiger partial charge < -0.3 is 10.6 Å². The normalized spacial score (nSPS) is 11.6. The van der Waals surface area contributed by atoms with Crippen LogP contribution in [-0.4, -0.2) is 62.6 Å². The highest BCUT2D eigenvalue weighted by molar-refractivity contribution is 6.30. The Balaban J connectivity index is 1.75. The number of rotatable bonds is 6. The summed E-state index contributed by atoms with van der Waals surface area (Å²) in [5.41, 5.74) is 7.47. The molecule has 0 aliphatic rings. The predicted octanol–water partition coefficient (Wildman–Crippen LogP) is 2.28. The van der Waals surface area contributed by atoms with Gasteiger partial charge in [-0.15, -0.1) is 0 Å². The lowest BCUT2D eigenvalue weighted by Crippen LogP contribution is -2.26. The second-order valence-corrected chi connectivity index (χ2v) is 8.23. The first-order valence-corrected chi connectivity index (χ1v) is 10.7. The van der Waals surface area contributed by atoms with E-state index in [1.54, 1.807) is 49.5 Å². The minimum absolute atomic E-state index is 0.162. The van der Waals surface area contributed by atoms with Gasteiger partial charge in [0.05, 0.1) is 17.6 Å². The van der Waals surface area contributed by atoms with Crippen LogP contribution in [0.5, 0.6) is 0 Å². The molecule has 0 atom stereocenters. The summed E-state index contributed by atoms with van der Waals surface area (Å²) in [7, 11) is 5.48. The van der Waals surface area contributed by atoms with E-state index in [4.69, 9.17) is 17.3 Å². The van der Waals surface area contributed by atoms with E-state index in [-0.39, 0.29) is 11.7 Å². The zero-order valence-corrected chi connectivity index (χ0v) is 19.6. The molecule has 0 radical (unpaired) electrons. The Morgan fingerprint density at radius 3 is 2.38 bits per heavy atom. The molecular weight excluding hydrogens is 456 g/mol. The zero-order valence-electron chi connectivity index (χ0n) is 18.9. The van der Waals surface area contributed by atoms with Crippen LogP contribution in [0, 0.1) is 0 Å². The quantitative estimate of drug-likeness (QED) is 0.423. The van der Waals surface area contributed by atoms with Gasteiger partial charge in [-0.05, 0) is 50.5 Å². The largest absolute Gasteiger partial charge is 0.382 e. The number of carbonyl (C=O) groups is 1. The molecule has 3 aromatic heterocycles. The van der Waals surface area contributed by atoms with Crippen molar-refractivity contribution in [3.8, 4) is 11.4 Å². The Kier molecular flexibility index (Phi) is 6.44. The second kappa shape index (κ2) is 9.46. The maximum atomic E-state index is 13.5.